The van der Waals surface area contributed by atoms with Crippen molar-refractivity contribution in [2.24, 2.45) is 16.4 Å². The van der Waals surface area contributed by atoms with E-state index in [4.69, 9.17) is 32.0 Å². The summed E-state index contributed by atoms with van der Waals surface area (Å²) >= 11 is 6.54. The first-order valence-electron chi connectivity index (χ1n) is 12.2. The number of rotatable bonds is 7. The van der Waals surface area contributed by atoms with Crippen LogP contribution in [0.3, 0.4) is 0 Å². The van der Waals surface area contributed by atoms with Crippen LogP contribution < -0.4 is 9.47 Å². The van der Waals surface area contributed by atoms with Crippen LogP contribution in [0, 0.1) is 22.3 Å². The maximum Gasteiger partial charge on any atom is 0.173 e. The van der Waals surface area contributed by atoms with Gasteiger partial charge in [0.1, 0.15) is 23.9 Å². The number of nitrogens with one attached hydrogen (secondary N) is 2. The van der Waals surface area contributed by atoms with Crippen LogP contribution in [-0.4, -0.2) is 11.6 Å². The second kappa shape index (κ2) is 9.86. The van der Waals surface area contributed by atoms with Crippen LogP contribution in [0.4, 0.5) is 0 Å². The minimum Gasteiger partial charge on any atom is -0.487 e. The zero-order chi connectivity index (χ0) is 25.3. The summed E-state index contributed by atoms with van der Waals surface area (Å²) in [5.41, 5.74) is 9.86. The molecule has 6 nitrogen and oxygen atoms in total. The number of hydrogen-bond acceptors (Lipinski definition) is 5. The average molecular weight is 502 g/mol. The quantitative estimate of drug-likeness (QED) is 0.195. The van der Waals surface area contributed by atoms with E-state index in [1.165, 1.54) is 12.8 Å². The SMILES string of the molecule is CC1(C2CCCC2)Cc2cc(OCc3cccc(Oc4ccc(C(=N)N=N)cc4)c3)c(Cl)cc2C1=O. The maximum absolute atomic E-state index is 13.3. The molecule has 0 spiro atoms. The summed E-state index contributed by atoms with van der Waals surface area (Å²) in [7, 11) is 0. The summed E-state index contributed by atoms with van der Waals surface area (Å²) in [5, 5.41) is 11.2. The summed E-state index contributed by atoms with van der Waals surface area (Å²) in [6.07, 6.45) is 5.41. The molecule has 3 aromatic rings. The lowest BCUT2D eigenvalue weighted by atomic mass is 9.73. The summed E-state index contributed by atoms with van der Waals surface area (Å²) in [5.74, 6) is 2.43. The number of halogens is 1. The molecule has 36 heavy (non-hydrogen) atoms. The van der Waals surface area contributed by atoms with Gasteiger partial charge in [-0.1, -0.05) is 43.5 Å². The molecule has 2 aliphatic rings. The van der Waals surface area contributed by atoms with Crippen LogP contribution in [0.2, 0.25) is 5.02 Å². The first kappa shape index (κ1) is 24.2. The molecule has 184 valence electrons. The van der Waals surface area contributed by atoms with Gasteiger partial charge in [0.25, 0.3) is 0 Å². The van der Waals surface area contributed by atoms with Gasteiger partial charge >= 0.3 is 0 Å². The molecule has 0 radical (unpaired) electrons. The topological polar surface area (TPSA) is 95.6 Å². The Morgan fingerprint density at radius 2 is 1.83 bits per heavy atom. The standard InChI is InChI=1S/C29H28ClN3O3/c1-29(21-6-2-3-7-21)16-20-14-26(25(30)15-24(20)27(29)34)35-17-18-5-4-8-23(13-18)36-22-11-9-19(10-12-22)28(31)33-32/h4-5,8-15,21,31-32H,2-3,6-7,16-17H2,1H3. The number of Topliss-reactive ketones (excluding diaryl/α,β-unsaturated/α-hetero) is 1. The normalized spacial score (nSPS) is 19.2. The Hall–Kier alpha value is -3.51. The van der Waals surface area contributed by atoms with Gasteiger partial charge in [-0.25, -0.2) is 5.53 Å². The first-order chi connectivity index (χ1) is 17.4. The molecular formula is C29H28ClN3O3. The van der Waals surface area contributed by atoms with Crippen molar-refractivity contribution in [3.05, 3.63) is 87.9 Å². The van der Waals surface area contributed by atoms with Gasteiger partial charge in [-0.3, -0.25) is 10.2 Å². The van der Waals surface area contributed by atoms with Crippen molar-refractivity contribution in [1.82, 2.24) is 0 Å². The van der Waals surface area contributed by atoms with Gasteiger partial charge < -0.3 is 9.47 Å². The monoisotopic (exact) mass is 501 g/mol. The lowest BCUT2D eigenvalue weighted by Gasteiger charge is -2.29. The van der Waals surface area contributed by atoms with Crippen LogP contribution in [0.15, 0.2) is 65.8 Å². The lowest BCUT2D eigenvalue weighted by Crippen LogP contribution is -2.32. The fraction of sp³-hybridized carbons (Fsp3) is 0.310. The highest BCUT2D eigenvalue weighted by atomic mass is 35.5. The molecule has 1 fully saturated rings. The van der Waals surface area contributed by atoms with Gasteiger partial charge in [0, 0.05) is 16.5 Å². The molecule has 0 bridgehead atoms. The van der Waals surface area contributed by atoms with Crippen LogP contribution in [0.1, 0.15) is 59.7 Å². The van der Waals surface area contributed by atoms with Crippen molar-refractivity contribution in [2.75, 3.05) is 0 Å². The van der Waals surface area contributed by atoms with Crippen LogP contribution in [-0.2, 0) is 13.0 Å². The molecule has 2 aliphatic carbocycles. The number of hydrogen-bond donors (Lipinski definition) is 2. The number of carbonyl (C=O) groups is 1. The van der Waals surface area contributed by atoms with E-state index in [0.29, 0.717) is 40.4 Å². The van der Waals surface area contributed by atoms with Gasteiger partial charge in [0.2, 0.25) is 0 Å². The van der Waals surface area contributed by atoms with Gasteiger partial charge in [-0.2, -0.15) is 0 Å². The van der Waals surface area contributed by atoms with Crippen LogP contribution in [0.5, 0.6) is 17.2 Å². The molecule has 0 aliphatic heterocycles. The van der Waals surface area contributed by atoms with Crippen molar-refractivity contribution in [3.63, 3.8) is 0 Å². The van der Waals surface area contributed by atoms with Crippen LogP contribution >= 0.6 is 11.6 Å². The van der Waals surface area contributed by atoms with Gasteiger partial charge in [0.05, 0.1) is 5.02 Å². The van der Waals surface area contributed by atoms with Gasteiger partial charge in [-0.15, -0.1) is 5.11 Å². The molecule has 0 amide bonds. The number of ether oxygens (including phenoxy) is 2. The fourth-order valence-electron chi connectivity index (χ4n) is 5.48. The summed E-state index contributed by atoms with van der Waals surface area (Å²) in [6.45, 7) is 2.43. The molecule has 0 aromatic heterocycles. The molecule has 1 saturated carbocycles. The summed E-state index contributed by atoms with van der Waals surface area (Å²) in [4.78, 5) is 13.3. The Kier molecular flexibility index (Phi) is 6.63. The number of ketones is 1. The van der Waals surface area contributed by atoms with Crippen molar-refractivity contribution in [1.29, 1.82) is 10.9 Å². The third-order valence-electron chi connectivity index (χ3n) is 7.50. The van der Waals surface area contributed by atoms with Crippen molar-refractivity contribution in [3.8, 4) is 17.2 Å². The Morgan fingerprint density at radius 1 is 1.08 bits per heavy atom. The lowest BCUT2D eigenvalue weighted by molar-refractivity contribution is 0.0744. The van der Waals surface area contributed by atoms with Crippen molar-refractivity contribution in [2.45, 2.75) is 45.6 Å². The third kappa shape index (κ3) is 4.65. The summed E-state index contributed by atoms with van der Waals surface area (Å²) in [6, 6.07) is 18.2. The van der Waals surface area contributed by atoms with Crippen molar-refractivity contribution < 1.29 is 14.3 Å². The maximum atomic E-state index is 13.3. The molecular weight excluding hydrogens is 474 g/mol. The minimum absolute atomic E-state index is 0.0987. The Morgan fingerprint density at radius 3 is 2.56 bits per heavy atom. The highest BCUT2D eigenvalue weighted by Gasteiger charge is 2.48. The van der Waals surface area contributed by atoms with E-state index in [0.717, 1.165) is 36.0 Å². The van der Waals surface area contributed by atoms with E-state index in [2.05, 4.69) is 12.0 Å². The zero-order valence-electron chi connectivity index (χ0n) is 20.1. The molecule has 3 aromatic carbocycles. The Labute approximate surface area is 215 Å². The number of nitrogens with zero attached hydrogens (tertiary/aromatic N) is 1. The number of carbonyl (C=O) groups excluding carboxylic acids is 1. The smallest absolute Gasteiger partial charge is 0.173 e. The van der Waals surface area contributed by atoms with Gasteiger partial charge in [0.15, 0.2) is 11.6 Å². The zero-order valence-corrected chi connectivity index (χ0v) is 20.9. The first-order valence-corrected chi connectivity index (χ1v) is 12.6. The molecule has 5 rings (SSSR count). The highest BCUT2D eigenvalue weighted by Crippen LogP contribution is 2.50. The van der Waals surface area contributed by atoms with E-state index < -0.39 is 0 Å². The highest BCUT2D eigenvalue weighted by molar-refractivity contribution is 6.32. The van der Waals surface area contributed by atoms with E-state index in [-0.39, 0.29) is 17.0 Å². The van der Waals surface area contributed by atoms with E-state index >= 15 is 0 Å². The van der Waals surface area contributed by atoms with Crippen LogP contribution in [0.25, 0.3) is 0 Å². The minimum atomic E-state index is -0.332. The van der Waals surface area contributed by atoms with E-state index in [1.807, 2.05) is 30.3 Å². The second-order valence-electron chi connectivity index (χ2n) is 9.87. The Balaban J connectivity index is 1.27. The molecule has 7 heteroatoms. The van der Waals surface area contributed by atoms with Gasteiger partial charge in [-0.05, 0) is 84.8 Å². The average Bonchev–Trinajstić information content (AvgIpc) is 3.51. The predicted octanol–water partition coefficient (Wildman–Crippen LogP) is 8.00. The molecule has 0 heterocycles. The molecule has 2 N–H and O–H groups in total. The largest absolute Gasteiger partial charge is 0.487 e. The summed E-state index contributed by atoms with van der Waals surface area (Å²) < 4.78 is 12.0. The predicted molar refractivity (Wildman–Crippen MR) is 139 cm³/mol. The van der Waals surface area contributed by atoms with E-state index in [9.17, 15) is 4.79 Å². The van der Waals surface area contributed by atoms with Crippen molar-refractivity contribution >= 4 is 23.2 Å². The number of fused-ring (bicyclic) bond motifs is 1. The second-order valence-corrected chi connectivity index (χ2v) is 10.3. The molecule has 0 saturated heterocycles. The van der Waals surface area contributed by atoms with E-state index in [1.54, 1.807) is 30.3 Å². The Bertz CT molecular complexity index is 1330. The molecule has 1 atom stereocenters. The molecule has 1 unspecified atom stereocenters. The third-order valence-corrected chi connectivity index (χ3v) is 7.80. The number of amidine groups is 1. The fourth-order valence-corrected chi connectivity index (χ4v) is 5.70. The number of benzene rings is 3.